The van der Waals surface area contributed by atoms with Crippen molar-refractivity contribution in [3.8, 4) is 0 Å². The number of hydrogen-bond donors (Lipinski definition) is 1. The molecule has 2 aromatic rings. The van der Waals surface area contributed by atoms with Crippen molar-refractivity contribution in [1.29, 1.82) is 0 Å². The summed E-state index contributed by atoms with van der Waals surface area (Å²) in [4.78, 5) is 14.1. The molecule has 1 aliphatic carbocycles. The maximum Gasteiger partial charge on any atom is 0.224 e. The van der Waals surface area contributed by atoms with Crippen molar-refractivity contribution in [3.63, 3.8) is 0 Å². The third kappa shape index (κ3) is 4.09. The molecule has 0 spiro atoms. The van der Waals surface area contributed by atoms with Crippen molar-refractivity contribution in [3.05, 3.63) is 42.1 Å². The molecular weight excluding hydrogens is 322 g/mol. The maximum absolute atomic E-state index is 4.79. The van der Waals surface area contributed by atoms with E-state index in [4.69, 9.17) is 4.98 Å². The van der Waals surface area contributed by atoms with Crippen molar-refractivity contribution in [2.45, 2.75) is 45.1 Å². The Kier molecular flexibility index (Phi) is 5.23. The molecule has 0 atom stereocenters. The van der Waals surface area contributed by atoms with E-state index >= 15 is 0 Å². The fourth-order valence-corrected chi connectivity index (χ4v) is 4.04. The first-order valence-electron chi connectivity index (χ1n) is 9.94. The number of piperazine rings is 1. The van der Waals surface area contributed by atoms with E-state index in [0.29, 0.717) is 6.04 Å². The van der Waals surface area contributed by atoms with Gasteiger partial charge in [-0.05, 0) is 43.5 Å². The summed E-state index contributed by atoms with van der Waals surface area (Å²) in [5.41, 5.74) is 2.64. The third-order valence-electron chi connectivity index (χ3n) is 5.55. The molecular formula is C21H29N5. The van der Waals surface area contributed by atoms with E-state index in [9.17, 15) is 0 Å². The number of hydrogen-bond acceptors (Lipinski definition) is 5. The Morgan fingerprint density at radius 3 is 2.50 bits per heavy atom. The lowest BCUT2D eigenvalue weighted by Crippen LogP contribution is -2.46. The summed E-state index contributed by atoms with van der Waals surface area (Å²) in [6.07, 6.45) is 8.37. The second kappa shape index (κ2) is 7.94. The van der Waals surface area contributed by atoms with Crippen LogP contribution < -0.4 is 15.1 Å². The van der Waals surface area contributed by atoms with Crippen LogP contribution in [0.4, 0.5) is 17.5 Å². The summed E-state index contributed by atoms with van der Waals surface area (Å²) in [6, 6.07) is 11.4. The number of rotatable bonds is 4. The third-order valence-corrected chi connectivity index (χ3v) is 5.55. The second-order valence-electron chi connectivity index (χ2n) is 7.53. The largest absolute Gasteiger partial charge is 0.368 e. The molecule has 5 nitrogen and oxygen atoms in total. The first kappa shape index (κ1) is 17.1. The monoisotopic (exact) mass is 351 g/mol. The molecule has 0 radical (unpaired) electrons. The van der Waals surface area contributed by atoms with Crippen LogP contribution in [0.3, 0.4) is 0 Å². The molecule has 138 valence electrons. The molecule has 1 saturated carbocycles. The van der Waals surface area contributed by atoms with E-state index in [1.54, 1.807) is 0 Å². The topological polar surface area (TPSA) is 44.3 Å². The molecule has 1 aromatic heterocycles. The van der Waals surface area contributed by atoms with E-state index in [1.807, 2.05) is 12.3 Å². The van der Waals surface area contributed by atoms with Gasteiger partial charge in [-0.25, -0.2) is 4.98 Å². The van der Waals surface area contributed by atoms with Crippen molar-refractivity contribution in [1.82, 2.24) is 9.97 Å². The van der Waals surface area contributed by atoms with Crippen molar-refractivity contribution in [2.75, 3.05) is 41.3 Å². The zero-order chi connectivity index (χ0) is 17.8. The van der Waals surface area contributed by atoms with Gasteiger partial charge in [0.2, 0.25) is 5.95 Å². The van der Waals surface area contributed by atoms with Gasteiger partial charge in [-0.15, -0.1) is 0 Å². The number of nitrogens with one attached hydrogen (secondary N) is 1. The summed E-state index contributed by atoms with van der Waals surface area (Å²) < 4.78 is 0. The molecule has 0 amide bonds. The van der Waals surface area contributed by atoms with Crippen LogP contribution in [0.2, 0.25) is 0 Å². The Balaban J connectivity index is 1.37. The molecule has 4 rings (SSSR count). The second-order valence-corrected chi connectivity index (χ2v) is 7.53. The minimum absolute atomic E-state index is 0.539. The summed E-state index contributed by atoms with van der Waals surface area (Å²) in [6.45, 7) is 6.20. The van der Waals surface area contributed by atoms with E-state index < -0.39 is 0 Å². The molecule has 1 N–H and O–H groups in total. The van der Waals surface area contributed by atoms with Crippen LogP contribution in [-0.2, 0) is 0 Å². The molecule has 2 fully saturated rings. The normalized spacial score (nSPS) is 18.8. The average Bonchev–Trinajstić information content (AvgIpc) is 2.69. The smallest absolute Gasteiger partial charge is 0.224 e. The molecule has 2 aliphatic rings. The summed E-state index contributed by atoms with van der Waals surface area (Å²) in [5, 5.41) is 3.54. The highest BCUT2D eigenvalue weighted by atomic mass is 15.3. The standard InChI is InChI=1S/C21H29N5/c1-17-6-5-9-19(16-17)25-12-14-26(15-13-25)20-10-11-22-21(24-20)23-18-7-3-2-4-8-18/h5-6,9-11,16,18H,2-4,7-8,12-15H2,1H3,(H,22,23,24). The van der Waals surface area contributed by atoms with E-state index in [1.165, 1.54) is 43.4 Å². The van der Waals surface area contributed by atoms with Gasteiger partial charge in [0.15, 0.2) is 0 Å². The van der Waals surface area contributed by atoms with Crippen LogP contribution in [0.15, 0.2) is 36.5 Å². The highest BCUT2D eigenvalue weighted by Crippen LogP contribution is 2.23. The highest BCUT2D eigenvalue weighted by Gasteiger charge is 2.20. The fraction of sp³-hybridized carbons (Fsp3) is 0.524. The van der Waals surface area contributed by atoms with E-state index in [-0.39, 0.29) is 0 Å². The molecule has 26 heavy (non-hydrogen) atoms. The quantitative estimate of drug-likeness (QED) is 0.906. The van der Waals surface area contributed by atoms with Crippen LogP contribution in [0, 0.1) is 6.92 Å². The van der Waals surface area contributed by atoms with Gasteiger partial charge in [0.1, 0.15) is 5.82 Å². The Hall–Kier alpha value is -2.30. The van der Waals surface area contributed by atoms with Crippen LogP contribution in [0.5, 0.6) is 0 Å². The minimum Gasteiger partial charge on any atom is -0.368 e. The molecule has 5 heteroatoms. The van der Waals surface area contributed by atoms with E-state index in [2.05, 4.69) is 51.3 Å². The van der Waals surface area contributed by atoms with Gasteiger partial charge in [0.05, 0.1) is 0 Å². The van der Waals surface area contributed by atoms with Gasteiger partial charge in [-0.1, -0.05) is 31.4 Å². The van der Waals surface area contributed by atoms with Crippen molar-refractivity contribution >= 4 is 17.5 Å². The maximum atomic E-state index is 4.79. The number of benzene rings is 1. The summed E-state index contributed by atoms with van der Waals surface area (Å²) >= 11 is 0. The molecule has 2 heterocycles. The highest BCUT2D eigenvalue weighted by molar-refractivity contribution is 5.51. The van der Waals surface area contributed by atoms with Gasteiger partial charge in [-0.3, -0.25) is 0 Å². The Labute approximate surface area is 156 Å². The molecule has 1 saturated heterocycles. The van der Waals surface area contributed by atoms with Gasteiger partial charge in [0, 0.05) is 44.1 Å². The number of anilines is 3. The SMILES string of the molecule is Cc1cccc(N2CCN(c3ccnc(NC4CCCCC4)n3)CC2)c1. The average molecular weight is 351 g/mol. The molecule has 0 unspecified atom stereocenters. The Bertz CT molecular complexity index is 718. The first-order valence-corrected chi connectivity index (χ1v) is 9.94. The number of aromatic nitrogens is 2. The van der Waals surface area contributed by atoms with Crippen LogP contribution in [0.1, 0.15) is 37.7 Å². The zero-order valence-electron chi connectivity index (χ0n) is 15.7. The lowest BCUT2D eigenvalue weighted by atomic mass is 9.96. The van der Waals surface area contributed by atoms with Crippen molar-refractivity contribution < 1.29 is 0 Å². The molecule has 0 bridgehead atoms. The summed E-state index contributed by atoms with van der Waals surface area (Å²) in [7, 11) is 0. The lowest BCUT2D eigenvalue weighted by molar-refractivity contribution is 0.461. The summed E-state index contributed by atoms with van der Waals surface area (Å²) in [5.74, 6) is 1.83. The first-order chi connectivity index (χ1) is 12.8. The van der Waals surface area contributed by atoms with Gasteiger partial charge < -0.3 is 15.1 Å². The van der Waals surface area contributed by atoms with Gasteiger partial charge >= 0.3 is 0 Å². The Morgan fingerprint density at radius 2 is 1.73 bits per heavy atom. The zero-order valence-corrected chi connectivity index (χ0v) is 15.7. The van der Waals surface area contributed by atoms with Gasteiger partial charge in [-0.2, -0.15) is 4.98 Å². The number of nitrogens with zero attached hydrogens (tertiary/aromatic N) is 4. The van der Waals surface area contributed by atoms with Crippen LogP contribution >= 0.6 is 0 Å². The molecule has 1 aromatic carbocycles. The van der Waals surface area contributed by atoms with E-state index in [0.717, 1.165) is 37.9 Å². The Morgan fingerprint density at radius 1 is 0.962 bits per heavy atom. The lowest BCUT2D eigenvalue weighted by Gasteiger charge is -2.37. The molecule has 1 aliphatic heterocycles. The number of aryl methyl sites for hydroxylation is 1. The van der Waals surface area contributed by atoms with Crippen LogP contribution in [-0.4, -0.2) is 42.2 Å². The van der Waals surface area contributed by atoms with Gasteiger partial charge in [0.25, 0.3) is 0 Å². The fourth-order valence-electron chi connectivity index (χ4n) is 4.04. The minimum atomic E-state index is 0.539. The predicted octanol–water partition coefficient (Wildman–Crippen LogP) is 3.86. The van der Waals surface area contributed by atoms with Crippen molar-refractivity contribution in [2.24, 2.45) is 0 Å². The predicted molar refractivity (Wildman–Crippen MR) is 108 cm³/mol. The van der Waals surface area contributed by atoms with Crippen LogP contribution in [0.25, 0.3) is 0 Å².